The summed E-state index contributed by atoms with van der Waals surface area (Å²) in [7, 11) is 2.25. The number of hydrogen-bond acceptors (Lipinski definition) is 2. The van der Waals surface area contributed by atoms with Crippen LogP contribution in [-0.4, -0.2) is 35.2 Å². The van der Waals surface area contributed by atoms with Gasteiger partial charge in [0.1, 0.15) is 0 Å². The van der Waals surface area contributed by atoms with Crippen molar-refractivity contribution in [1.82, 2.24) is 4.90 Å². The van der Waals surface area contributed by atoms with E-state index in [1.807, 2.05) is 0 Å². The van der Waals surface area contributed by atoms with Crippen molar-refractivity contribution in [2.45, 2.75) is 83.9 Å². The Kier molecular flexibility index (Phi) is 4.38. The van der Waals surface area contributed by atoms with Crippen LogP contribution in [0.5, 0.6) is 0 Å². The van der Waals surface area contributed by atoms with Crippen molar-refractivity contribution in [3.8, 4) is 0 Å². The highest BCUT2D eigenvalue weighted by molar-refractivity contribution is 4.94. The molecule has 0 aromatic heterocycles. The summed E-state index contributed by atoms with van der Waals surface area (Å²) in [5.74, 6) is 0.905. The maximum absolute atomic E-state index is 10.6. The van der Waals surface area contributed by atoms with Crippen LogP contribution in [0.25, 0.3) is 0 Å². The van der Waals surface area contributed by atoms with E-state index in [0.717, 1.165) is 5.92 Å². The molecule has 0 saturated heterocycles. The molecule has 0 spiro atoms. The fourth-order valence-corrected chi connectivity index (χ4v) is 3.94. The molecule has 0 aliphatic heterocycles. The Morgan fingerprint density at radius 3 is 2.28 bits per heavy atom. The highest BCUT2D eigenvalue weighted by Gasteiger charge is 2.41. The van der Waals surface area contributed by atoms with Crippen LogP contribution >= 0.6 is 0 Å². The zero-order valence-corrected chi connectivity index (χ0v) is 12.7. The highest BCUT2D eigenvalue weighted by atomic mass is 16.3. The van der Waals surface area contributed by atoms with Gasteiger partial charge in [-0.15, -0.1) is 0 Å². The number of aliphatic hydroxyl groups is 1. The largest absolute Gasteiger partial charge is 0.391 e. The van der Waals surface area contributed by atoms with Crippen LogP contribution in [-0.2, 0) is 0 Å². The second kappa shape index (κ2) is 5.50. The lowest BCUT2D eigenvalue weighted by Gasteiger charge is -2.47. The van der Waals surface area contributed by atoms with Crippen LogP contribution in [0.4, 0.5) is 0 Å². The average Bonchev–Trinajstić information content (AvgIpc) is 2.33. The molecule has 0 amide bonds. The van der Waals surface area contributed by atoms with Crippen LogP contribution in [0.15, 0.2) is 0 Å². The third-order valence-electron chi connectivity index (χ3n) is 5.57. The molecular formula is C16H31NO. The number of hydrogen-bond donors (Lipinski definition) is 1. The van der Waals surface area contributed by atoms with Gasteiger partial charge >= 0.3 is 0 Å². The molecule has 0 bridgehead atoms. The van der Waals surface area contributed by atoms with Gasteiger partial charge in [0.05, 0.1) is 6.10 Å². The predicted molar refractivity (Wildman–Crippen MR) is 76.6 cm³/mol. The van der Waals surface area contributed by atoms with E-state index in [0.29, 0.717) is 12.1 Å². The van der Waals surface area contributed by atoms with E-state index in [2.05, 4.69) is 32.7 Å². The standard InChI is InChI=1S/C16H31NO/c1-12-7-9-13(10-8-12)17(4)14-6-5-11-16(2,3)15(14)18/h12-15,18H,5-11H2,1-4H3. The Morgan fingerprint density at radius 2 is 1.67 bits per heavy atom. The second-order valence-electron chi connectivity index (χ2n) is 7.47. The Balaban J connectivity index is 1.97. The number of aliphatic hydroxyl groups excluding tert-OH is 1. The van der Waals surface area contributed by atoms with Crippen molar-refractivity contribution in [1.29, 1.82) is 0 Å². The first-order valence-electron chi connectivity index (χ1n) is 7.82. The van der Waals surface area contributed by atoms with E-state index in [-0.39, 0.29) is 11.5 Å². The number of nitrogens with zero attached hydrogens (tertiary/aromatic N) is 1. The first-order chi connectivity index (χ1) is 8.42. The fourth-order valence-electron chi connectivity index (χ4n) is 3.94. The quantitative estimate of drug-likeness (QED) is 0.815. The third-order valence-corrected chi connectivity index (χ3v) is 5.57. The van der Waals surface area contributed by atoms with Crippen molar-refractivity contribution >= 4 is 0 Å². The normalized spacial score (nSPS) is 41.0. The molecule has 0 aromatic rings. The molecule has 0 heterocycles. The molecule has 2 unspecified atom stereocenters. The van der Waals surface area contributed by atoms with E-state index >= 15 is 0 Å². The molecule has 0 radical (unpaired) electrons. The summed E-state index contributed by atoms with van der Waals surface area (Å²) >= 11 is 0. The molecule has 2 fully saturated rings. The van der Waals surface area contributed by atoms with Crippen molar-refractivity contribution in [2.75, 3.05) is 7.05 Å². The molecule has 2 atom stereocenters. The second-order valence-corrected chi connectivity index (χ2v) is 7.47. The first-order valence-corrected chi connectivity index (χ1v) is 7.82. The molecule has 2 aliphatic rings. The Bertz CT molecular complexity index is 268. The fraction of sp³-hybridized carbons (Fsp3) is 1.00. The lowest BCUT2D eigenvalue weighted by atomic mass is 9.71. The summed E-state index contributed by atoms with van der Waals surface area (Å²) in [5, 5.41) is 10.6. The summed E-state index contributed by atoms with van der Waals surface area (Å²) in [6.45, 7) is 6.82. The summed E-state index contributed by atoms with van der Waals surface area (Å²) in [6, 6.07) is 1.09. The molecule has 2 heteroatoms. The molecule has 18 heavy (non-hydrogen) atoms. The van der Waals surface area contributed by atoms with E-state index < -0.39 is 0 Å². The van der Waals surface area contributed by atoms with E-state index in [1.54, 1.807) is 0 Å². The van der Waals surface area contributed by atoms with Gasteiger partial charge in [0.15, 0.2) is 0 Å². The van der Waals surface area contributed by atoms with Crippen LogP contribution in [0.3, 0.4) is 0 Å². The van der Waals surface area contributed by atoms with Gasteiger partial charge in [-0.05, 0) is 56.9 Å². The summed E-state index contributed by atoms with van der Waals surface area (Å²) in [4.78, 5) is 2.51. The molecule has 2 aliphatic carbocycles. The molecule has 1 N–H and O–H groups in total. The SMILES string of the molecule is CC1CCC(N(C)C2CCCC(C)(C)C2O)CC1. The summed E-state index contributed by atoms with van der Waals surface area (Å²) in [6.07, 6.45) is 8.82. The smallest absolute Gasteiger partial charge is 0.0746 e. The summed E-state index contributed by atoms with van der Waals surface area (Å²) in [5.41, 5.74) is 0.0964. The zero-order chi connectivity index (χ0) is 13.3. The predicted octanol–water partition coefficient (Wildman–Crippen LogP) is 3.44. The molecule has 2 rings (SSSR count). The van der Waals surface area contributed by atoms with Crippen molar-refractivity contribution in [3.05, 3.63) is 0 Å². The van der Waals surface area contributed by atoms with Gasteiger partial charge in [-0.2, -0.15) is 0 Å². The molecule has 0 aromatic carbocycles. The third kappa shape index (κ3) is 2.91. The number of rotatable bonds is 2. The highest BCUT2D eigenvalue weighted by Crippen LogP contribution is 2.39. The van der Waals surface area contributed by atoms with Crippen LogP contribution in [0, 0.1) is 11.3 Å². The van der Waals surface area contributed by atoms with Crippen LogP contribution in [0.1, 0.15) is 65.7 Å². The maximum atomic E-state index is 10.6. The minimum absolute atomic E-state index is 0.0964. The van der Waals surface area contributed by atoms with Crippen molar-refractivity contribution in [3.63, 3.8) is 0 Å². The van der Waals surface area contributed by atoms with Gasteiger partial charge in [-0.25, -0.2) is 0 Å². The first kappa shape index (κ1) is 14.3. The van der Waals surface area contributed by atoms with Gasteiger partial charge in [-0.1, -0.05) is 27.2 Å². The maximum Gasteiger partial charge on any atom is 0.0746 e. The monoisotopic (exact) mass is 253 g/mol. The minimum atomic E-state index is -0.157. The van der Waals surface area contributed by atoms with Gasteiger partial charge in [0, 0.05) is 12.1 Å². The van der Waals surface area contributed by atoms with Crippen LogP contribution in [0.2, 0.25) is 0 Å². The number of likely N-dealkylation sites (N-methyl/N-ethyl adjacent to an activating group) is 1. The zero-order valence-electron chi connectivity index (χ0n) is 12.7. The van der Waals surface area contributed by atoms with Crippen molar-refractivity contribution in [2.24, 2.45) is 11.3 Å². The van der Waals surface area contributed by atoms with Crippen LogP contribution < -0.4 is 0 Å². The Morgan fingerprint density at radius 1 is 1.06 bits per heavy atom. The molecule has 2 nitrogen and oxygen atoms in total. The summed E-state index contributed by atoms with van der Waals surface area (Å²) < 4.78 is 0. The average molecular weight is 253 g/mol. The molecule has 106 valence electrons. The van der Waals surface area contributed by atoms with Gasteiger partial charge in [-0.3, -0.25) is 4.90 Å². The lowest BCUT2D eigenvalue weighted by molar-refractivity contribution is -0.0655. The van der Waals surface area contributed by atoms with Gasteiger partial charge in [0.2, 0.25) is 0 Å². The van der Waals surface area contributed by atoms with Gasteiger partial charge in [0.25, 0.3) is 0 Å². The van der Waals surface area contributed by atoms with Gasteiger partial charge < -0.3 is 5.11 Å². The van der Waals surface area contributed by atoms with E-state index in [4.69, 9.17) is 0 Å². The molecular weight excluding hydrogens is 222 g/mol. The van der Waals surface area contributed by atoms with Crippen molar-refractivity contribution < 1.29 is 5.11 Å². The molecule has 2 saturated carbocycles. The lowest BCUT2D eigenvalue weighted by Crippen LogP contribution is -2.54. The Hall–Kier alpha value is -0.0800. The van der Waals surface area contributed by atoms with E-state index in [9.17, 15) is 5.11 Å². The topological polar surface area (TPSA) is 23.5 Å². The van der Waals surface area contributed by atoms with E-state index in [1.165, 1.54) is 44.9 Å². The Labute approximate surface area is 113 Å². The minimum Gasteiger partial charge on any atom is -0.391 e.